The van der Waals surface area contributed by atoms with Gasteiger partial charge in [-0.15, -0.1) is 0 Å². The molecule has 0 bridgehead atoms. The number of amides is 2. The Bertz CT molecular complexity index is 514. The molecular formula is C15H23N5O2. The van der Waals surface area contributed by atoms with E-state index < -0.39 is 0 Å². The molecule has 0 atom stereocenters. The number of rotatable bonds is 7. The lowest BCUT2D eigenvalue weighted by Gasteiger charge is -2.15. The van der Waals surface area contributed by atoms with Gasteiger partial charge in [0.25, 0.3) is 0 Å². The molecule has 1 aromatic rings. The van der Waals surface area contributed by atoms with Gasteiger partial charge in [0.1, 0.15) is 0 Å². The van der Waals surface area contributed by atoms with Crippen LogP contribution in [0.1, 0.15) is 38.3 Å². The fourth-order valence-corrected chi connectivity index (χ4v) is 2.30. The Labute approximate surface area is 130 Å². The quantitative estimate of drug-likeness (QED) is 0.770. The van der Waals surface area contributed by atoms with Crippen molar-refractivity contribution in [1.29, 1.82) is 0 Å². The topological polar surface area (TPSA) is 87.2 Å². The summed E-state index contributed by atoms with van der Waals surface area (Å²) in [6.07, 6.45) is 5.26. The van der Waals surface area contributed by atoms with Crippen LogP contribution in [-0.4, -0.2) is 41.4 Å². The predicted octanol–water partition coefficient (Wildman–Crippen LogP) is 0.609. The van der Waals surface area contributed by atoms with Crippen molar-refractivity contribution in [2.45, 2.75) is 39.2 Å². The van der Waals surface area contributed by atoms with Gasteiger partial charge in [0, 0.05) is 25.7 Å². The minimum absolute atomic E-state index is 0.00288. The van der Waals surface area contributed by atoms with Gasteiger partial charge in [0.15, 0.2) is 0 Å². The van der Waals surface area contributed by atoms with Gasteiger partial charge in [-0.05, 0) is 25.3 Å². The third-order valence-corrected chi connectivity index (χ3v) is 3.48. The van der Waals surface area contributed by atoms with E-state index in [1.807, 2.05) is 6.92 Å². The zero-order valence-electron chi connectivity index (χ0n) is 13.0. The number of hydrogen-bond donors (Lipinski definition) is 2. The Morgan fingerprint density at radius 1 is 1.23 bits per heavy atom. The Morgan fingerprint density at radius 3 is 2.73 bits per heavy atom. The average molecular weight is 305 g/mol. The molecule has 1 saturated heterocycles. The first-order valence-electron chi connectivity index (χ1n) is 7.79. The van der Waals surface area contributed by atoms with Gasteiger partial charge < -0.3 is 15.5 Å². The summed E-state index contributed by atoms with van der Waals surface area (Å²) in [7, 11) is 0. The monoisotopic (exact) mass is 305 g/mol. The van der Waals surface area contributed by atoms with E-state index in [1.54, 1.807) is 12.3 Å². The molecule has 1 fully saturated rings. The van der Waals surface area contributed by atoms with Crippen LogP contribution in [0.15, 0.2) is 12.3 Å². The Hall–Kier alpha value is -2.18. The van der Waals surface area contributed by atoms with Crippen molar-refractivity contribution in [3.8, 4) is 0 Å². The maximum atomic E-state index is 11.7. The number of anilines is 1. The summed E-state index contributed by atoms with van der Waals surface area (Å²) in [5.41, 5.74) is 0.769. The maximum Gasteiger partial charge on any atom is 0.239 e. The van der Waals surface area contributed by atoms with Crippen LogP contribution in [0, 0.1) is 0 Å². The lowest BCUT2D eigenvalue weighted by Crippen LogP contribution is -2.36. The summed E-state index contributed by atoms with van der Waals surface area (Å²) in [4.78, 5) is 33.9. The second kappa shape index (κ2) is 8.31. The zero-order chi connectivity index (χ0) is 15.8. The molecule has 2 N–H and O–H groups in total. The van der Waals surface area contributed by atoms with Crippen LogP contribution in [0.25, 0.3) is 0 Å². The molecule has 0 spiro atoms. The number of nitrogens with one attached hydrogen (secondary N) is 2. The molecule has 1 aliphatic rings. The van der Waals surface area contributed by atoms with Crippen LogP contribution in [-0.2, 0) is 16.1 Å². The predicted molar refractivity (Wildman–Crippen MR) is 83.2 cm³/mol. The van der Waals surface area contributed by atoms with Crippen LogP contribution in [0.5, 0.6) is 0 Å². The molecule has 22 heavy (non-hydrogen) atoms. The molecule has 0 aromatic carbocycles. The molecule has 1 aromatic heterocycles. The molecule has 2 rings (SSSR count). The highest BCUT2D eigenvalue weighted by Crippen LogP contribution is 2.14. The van der Waals surface area contributed by atoms with E-state index in [1.165, 1.54) is 12.8 Å². The van der Waals surface area contributed by atoms with E-state index >= 15 is 0 Å². The van der Waals surface area contributed by atoms with Crippen molar-refractivity contribution in [1.82, 2.24) is 20.6 Å². The van der Waals surface area contributed by atoms with Gasteiger partial charge in [0.2, 0.25) is 17.8 Å². The van der Waals surface area contributed by atoms with Crippen molar-refractivity contribution in [2.75, 3.05) is 24.5 Å². The van der Waals surface area contributed by atoms with Gasteiger partial charge in [-0.25, -0.2) is 9.97 Å². The van der Waals surface area contributed by atoms with Crippen LogP contribution in [0.3, 0.4) is 0 Å². The Morgan fingerprint density at radius 2 is 2.00 bits per heavy atom. The molecule has 0 unspecified atom stereocenters. The van der Waals surface area contributed by atoms with Gasteiger partial charge in [0.05, 0.1) is 18.8 Å². The van der Waals surface area contributed by atoms with Crippen LogP contribution in [0.4, 0.5) is 5.95 Å². The fourth-order valence-electron chi connectivity index (χ4n) is 2.30. The molecule has 0 aliphatic carbocycles. The number of carbonyl (C=O) groups excluding carboxylic acids is 2. The molecule has 0 radical (unpaired) electrons. The summed E-state index contributed by atoms with van der Waals surface area (Å²) >= 11 is 0. The van der Waals surface area contributed by atoms with Crippen molar-refractivity contribution < 1.29 is 9.59 Å². The third kappa shape index (κ3) is 4.98. The molecule has 120 valence electrons. The van der Waals surface area contributed by atoms with Crippen LogP contribution >= 0.6 is 0 Å². The van der Waals surface area contributed by atoms with Crippen LogP contribution in [0.2, 0.25) is 0 Å². The van der Waals surface area contributed by atoms with Crippen molar-refractivity contribution in [2.24, 2.45) is 0 Å². The normalized spacial score (nSPS) is 14.0. The number of hydrogen-bond acceptors (Lipinski definition) is 5. The fraction of sp³-hybridized carbons (Fsp3) is 0.600. The highest BCUT2D eigenvalue weighted by atomic mass is 16.2. The Balaban J connectivity index is 1.77. The van der Waals surface area contributed by atoms with Gasteiger partial charge in [-0.2, -0.15) is 0 Å². The first-order chi connectivity index (χ1) is 10.7. The largest absolute Gasteiger partial charge is 0.349 e. The molecule has 0 saturated carbocycles. The summed E-state index contributed by atoms with van der Waals surface area (Å²) < 4.78 is 0. The smallest absolute Gasteiger partial charge is 0.239 e. The third-order valence-electron chi connectivity index (χ3n) is 3.48. The summed E-state index contributed by atoms with van der Waals surface area (Å²) in [5.74, 6) is 0.405. The standard InChI is InChI=1S/C15H23N5O2/c1-2-5-13(21)18-11-14(22)17-10-12-6-7-16-15(19-12)20-8-3-4-9-20/h6-7H,2-5,8-11H2,1H3,(H,17,22)(H,18,21). The van der Waals surface area contributed by atoms with Crippen molar-refractivity contribution >= 4 is 17.8 Å². The zero-order valence-corrected chi connectivity index (χ0v) is 13.0. The lowest BCUT2D eigenvalue weighted by atomic mass is 10.3. The van der Waals surface area contributed by atoms with E-state index in [0.717, 1.165) is 31.2 Å². The van der Waals surface area contributed by atoms with E-state index in [4.69, 9.17) is 0 Å². The second-order valence-corrected chi connectivity index (χ2v) is 5.35. The molecule has 7 heteroatoms. The summed E-state index contributed by atoms with van der Waals surface area (Å²) in [6.45, 7) is 4.24. The van der Waals surface area contributed by atoms with E-state index in [2.05, 4.69) is 25.5 Å². The lowest BCUT2D eigenvalue weighted by molar-refractivity contribution is -0.126. The first kappa shape index (κ1) is 16.2. The minimum Gasteiger partial charge on any atom is -0.349 e. The van der Waals surface area contributed by atoms with Crippen LogP contribution < -0.4 is 15.5 Å². The SMILES string of the molecule is CCCC(=O)NCC(=O)NCc1ccnc(N2CCCC2)n1. The highest BCUT2D eigenvalue weighted by molar-refractivity contribution is 5.84. The Kier molecular flexibility index (Phi) is 6.12. The van der Waals surface area contributed by atoms with Gasteiger partial charge in [-0.3, -0.25) is 9.59 Å². The molecule has 2 amide bonds. The average Bonchev–Trinajstić information content (AvgIpc) is 3.06. The highest BCUT2D eigenvalue weighted by Gasteiger charge is 2.15. The molecule has 2 heterocycles. The number of aromatic nitrogens is 2. The summed E-state index contributed by atoms with van der Waals surface area (Å²) in [5, 5.41) is 5.34. The summed E-state index contributed by atoms with van der Waals surface area (Å²) in [6, 6.07) is 1.79. The van der Waals surface area contributed by atoms with E-state index in [0.29, 0.717) is 13.0 Å². The van der Waals surface area contributed by atoms with E-state index in [9.17, 15) is 9.59 Å². The first-order valence-corrected chi connectivity index (χ1v) is 7.79. The minimum atomic E-state index is -0.217. The van der Waals surface area contributed by atoms with Crippen molar-refractivity contribution in [3.05, 3.63) is 18.0 Å². The number of nitrogens with zero attached hydrogens (tertiary/aromatic N) is 3. The second-order valence-electron chi connectivity index (χ2n) is 5.35. The molecular weight excluding hydrogens is 282 g/mol. The van der Waals surface area contributed by atoms with E-state index in [-0.39, 0.29) is 18.4 Å². The van der Waals surface area contributed by atoms with Crippen molar-refractivity contribution in [3.63, 3.8) is 0 Å². The number of carbonyl (C=O) groups is 2. The maximum absolute atomic E-state index is 11.7. The van der Waals surface area contributed by atoms with Gasteiger partial charge >= 0.3 is 0 Å². The molecule has 1 aliphatic heterocycles. The van der Waals surface area contributed by atoms with Gasteiger partial charge in [-0.1, -0.05) is 6.92 Å². The molecule has 7 nitrogen and oxygen atoms in total.